The van der Waals surface area contributed by atoms with Crippen LogP contribution in [0.3, 0.4) is 0 Å². The van der Waals surface area contributed by atoms with Gasteiger partial charge in [0.2, 0.25) is 6.29 Å². The van der Waals surface area contributed by atoms with Crippen LogP contribution in [-0.4, -0.2) is 112 Å². The van der Waals surface area contributed by atoms with Gasteiger partial charge in [0.25, 0.3) is 0 Å². The standard InChI is InChI=1S/C23H28O13/c1-31-12-6-9(2-3-11(12)26)20(30)34-18-10-4-5-32-21(14(10)23(8-25)19(18)36-23)35-22-17(29)16(28)15(27)13(7-24)33-22/h2-6,10,13-19,21-22,24-29H,7-8H2,1H3/t10-,13-,14-,15-,16+,17-,18-,19-,21-,22+,23-/m1/s1. The Balaban J connectivity index is 1.35. The van der Waals surface area contributed by atoms with Crippen LogP contribution in [0.1, 0.15) is 10.4 Å². The predicted octanol–water partition coefficient (Wildman–Crippen LogP) is -2.01. The van der Waals surface area contributed by atoms with Gasteiger partial charge in [0, 0.05) is 5.92 Å². The first-order chi connectivity index (χ1) is 17.2. The maximum Gasteiger partial charge on any atom is 0.338 e. The Bertz CT molecular complexity index is 1010. The van der Waals surface area contributed by atoms with Gasteiger partial charge in [0.15, 0.2) is 17.8 Å². The van der Waals surface area contributed by atoms with Crippen molar-refractivity contribution in [2.45, 2.75) is 54.8 Å². The fourth-order valence-electron chi connectivity index (χ4n) is 5.28. The summed E-state index contributed by atoms with van der Waals surface area (Å²) in [5, 5.41) is 59.8. The van der Waals surface area contributed by atoms with E-state index < -0.39 is 85.8 Å². The number of hydrogen-bond acceptors (Lipinski definition) is 13. The summed E-state index contributed by atoms with van der Waals surface area (Å²) in [5.41, 5.74) is -1.03. The molecule has 1 aliphatic carbocycles. The van der Waals surface area contributed by atoms with Crippen LogP contribution >= 0.6 is 0 Å². The van der Waals surface area contributed by atoms with E-state index in [0.29, 0.717) is 0 Å². The number of esters is 1. The molecule has 1 aromatic carbocycles. The van der Waals surface area contributed by atoms with Gasteiger partial charge in [-0.25, -0.2) is 4.79 Å². The number of aliphatic hydroxyl groups excluding tert-OH is 5. The Morgan fingerprint density at radius 2 is 1.89 bits per heavy atom. The second-order valence-corrected chi connectivity index (χ2v) is 9.18. The molecule has 3 fully saturated rings. The fraction of sp³-hybridized carbons (Fsp3) is 0.609. The Morgan fingerprint density at radius 3 is 2.58 bits per heavy atom. The molecule has 13 nitrogen and oxygen atoms in total. The number of epoxide rings is 1. The molecular formula is C23H28O13. The van der Waals surface area contributed by atoms with Crippen molar-refractivity contribution in [3.05, 3.63) is 36.1 Å². The number of aromatic hydroxyl groups is 1. The van der Waals surface area contributed by atoms with Crippen molar-refractivity contribution in [2.75, 3.05) is 20.3 Å². The molecule has 36 heavy (non-hydrogen) atoms. The van der Waals surface area contributed by atoms with Crippen LogP contribution in [0.5, 0.6) is 11.5 Å². The van der Waals surface area contributed by atoms with Gasteiger partial charge in [-0.2, -0.15) is 0 Å². The molecule has 6 N–H and O–H groups in total. The zero-order chi connectivity index (χ0) is 25.8. The number of rotatable bonds is 7. The van der Waals surface area contributed by atoms with Gasteiger partial charge in [-0.3, -0.25) is 0 Å². The van der Waals surface area contributed by atoms with Crippen LogP contribution in [0, 0.1) is 11.8 Å². The Morgan fingerprint density at radius 1 is 1.11 bits per heavy atom. The first-order valence-corrected chi connectivity index (χ1v) is 11.4. The van der Waals surface area contributed by atoms with Crippen molar-refractivity contribution in [2.24, 2.45) is 11.8 Å². The van der Waals surface area contributed by atoms with E-state index in [1.165, 1.54) is 31.6 Å². The lowest BCUT2D eigenvalue weighted by molar-refractivity contribution is -0.344. The summed E-state index contributed by atoms with van der Waals surface area (Å²) in [5.74, 6) is -1.95. The minimum Gasteiger partial charge on any atom is -0.504 e. The summed E-state index contributed by atoms with van der Waals surface area (Å²) in [6, 6.07) is 4.02. The molecule has 2 saturated heterocycles. The molecule has 3 heterocycles. The summed E-state index contributed by atoms with van der Waals surface area (Å²) in [6.07, 6.45) is -7.19. The van der Waals surface area contributed by atoms with Crippen LogP contribution in [0.4, 0.5) is 0 Å². The second kappa shape index (κ2) is 9.43. The van der Waals surface area contributed by atoms with Crippen molar-refractivity contribution in [3.8, 4) is 11.5 Å². The molecule has 1 aromatic rings. The molecule has 3 aliphatic heterocycles. The van der Waals surface area contributed by atoms with E-state index in [-0.39, 0.29) is 17.1 Å². The summed E-state index contributed by atoms with van der Waals surface area (Å²) >= 11 is 0. The van der Waals surface area contributed by atoms with Gasteiger partial charge in [0.05, 0.1) is 38.1 Å². The van der Waals surface area contributed by atoms with E-state index in [1.54, 1.807) is 6.08 Å². The second-order valence-electron chi connectivity index (χ2n) is 9.18. The first-order valence-electron chi connectivity index (χ1n) is 11.4. The van der Waals surface area contributed by atoms with Gasteiger partial charge < -0.3 is 59.1 Å². The number of phenols is 1. The molecule has 0 spiro atoms. The predicted molar refractivity (Wildman–Crippen MR) is 114 cm³/mol. The van der Waals surface area contributed by atoms with Crippen LogP contribution in [-0.2, 0) is 23.7 Å². The number of ether oxygens (including phenoxy) is 6. The smallest absolute Gasteiger partial charge is 0.338 e. The molecule has 5 rings (SSSR count). The summed E-state index contributed by atoms with van der Waals surface area (Å²) < 4.78 is 33.4. The topological polar surface area (TPSA) is 197 Å². The Kier molecular flexibility index (Phi) is 6.59. The van der Waals surface area contributed by atoms with Crippen LogP contribution in [0.2, 0.25) is 0 Å². The lowest BCUT2D eigenvalue weighted by Gasteiger charge is -2.43. The van der Waals surface area contributed by atoms with Gasteiger partial charge >= 0.3 is 5.97 Å². The zero-order valence-corrected chi connectivity index (χ0v) is 19.1. The molecule has 4 aliphatic rings. The van der Waals surface area contributed by atoms with Crippen LogP contribution in [0.25, 0.3) is 0 Å². The molecule has 13 heteroatoms. The normalized spacial score (nSPS) is 42.7. The SMILES string of the molecule is COc1cc(C(=O)O[C@@H]2[C@@H]3C=CO[C@H](O[C@@H]4O[C@H](CO)[C@@H](O)[C@H](O)[C@H]4O)[C@@H]3[C@@]3(CO)O[C@H]23)ccc1O. The molecule has 1 saturated carbocycles. The zero-order valence-electron chi connectivity index (χ0n) is 19.1. The average Bonchev–Trinajstić information content (AvgIpc) is 3.56. The van der Waals surface area contributed by atoms with Gasteiger partial charge in [-0.15, -0.1) is 0 Å². The minimum atomic E-state index is -1.66. The highest BCUT2D eigenvalue weighted by Gasteiger charge is 2.77. The van der Waals surface area contributed by atoms with Crippen molar-refractivity contribution in [3.63, 3.8) is 0 Å². The van der Waals surface area contributed by atoms with Crippen LogP contribution < -0.4 is 4.74 Å². The van der Waals surface area contributed by atoms with E-state index in [4.69, 9.17) is 28.4 Å². The van der Waals surface area contributed by atoms with Gasteiger partial charge in [-0.05, 0) is 24.3 Å². The number of methoxy groups -OCH3 is 1. The number of benzene rings is 1. The van der Waals surface area contributed by atoms with E-state index >= 15 is 0 Å². The number of fused-ring (bicyclic) bond motifs is 3. The third kappa shape index (κ3) is 3.92. The van der Waals surface area contributed by atoms with Crippen molar-refractivity contribution in [1.29, 1.82) is 0 Å². The molecule has 198 valence electrons. The molecule has 0 amide bonds. The Labute approximate surface area is 205 Å². The number of phenolic OH excluding ortho intramolecular Hbond substituents is 1. The summed E-state index contributed by atoms with van der Waals surface area (Å²) in [4.78, 5) is 12.9. The first kappa shape index (κ1) is 25.2. The summed E-state index contributed by atoms with van der Waals surface area (Å²) in [7, 11) is 1.35. The van der Waals surface area contributed by atoms with E-state index in [9.17, 15) is 35.4 Å². The van der Waals surface area contributed by atoms with Crippen molar-refractivity contribution < 1.29 is 63.9 Å². The molecule has 0 unspecified atom stereocenters. The number of carbonyl (C=O) groups excluding carboxylic acids is 1. The van der Waals surface area contributed by atoms with E-state index in [2.05, 4.69) is 0 Å². The van der Waals surface area contributed by atoms with E-state index in [1.807, 2.05) is 0 Å². The molecule has 0 radical (unpaired) electrons. The van der Waals surface area contributed by atoms with Crippen LogP contribution in [0.15, 0.2) is 30.5 Å². The third-order valence-corrected chi connectivity index (χ3v) is 7.26. The van der Waals surface area contributed by atoms with Gasteiger partial charge in [-0.1, -0.05) is 0 Å². The maximum atomic E-state index is 12.9. The van der Waals surface area contributed by atoms with Crippen molar-refractivity contribution >= 4 is 5.97 Å². The van der Waals surface area contributed by atoms with Gasteiger partial charge in [0.1, 0.15) is 42.2 Å². The largest absolute Gasteiger partial charge is 0.504 e. The highest BCUT2D eigenvalue weighted by molar-refractivity contribution is 5.90. The van der Waals surface area contributed by atoms with E-state index in [0.717, 1.165) is 0 Å². The molecule has 0 bridgehead atoms. The number of hydrogen-bond donors (Lipinski definition) is 6. The Hall–Kier alpha value is -2.49. The lowest BCUT2D eigenvalue weighted by Crippen LogP contribution is -2.60. The molecule has 11 atom stereocenters. The number of carbonyl (C=O) groups is 1. The molecule has 0 aromatic heterocycles. The highest BCUT2D eigenvalue weighted by Crippen LogP contribution is 2.60. The molecular weight excluding hydrogens is 484 g/mol. The summed E-state index contributed by atoms with van der Waals surface area (Å²) in [6.45, 7) is -1.07. The quantitative estimate of drug-likeness (QED) is 0.173. The average molecular weight is 512 g/mol. The lowest BCUT2D eigenvalue weighted by atomic mass is 9.85. The monoisotopic (exact) mass is 512 g/mol. The highest BCUT2D eigenvalue weighted by atomic mass is 16.8. The number of aliphatic hydroxyl groups is 5. The van der Waals surface area contributed by atoms with Crippen molar-refractivity contribution in [1.82, 2.24) is 0 Å². The fourth-order valence-corrected chi connectivity index (χ4v) is 5.28. The minimum absolute atomic E-state index is 0.0973. The maximum absolute atomic E-state index is 12.9. The third-order valence-electron chi connectivity index (χ3n) is 7.26.